The SMILES string of the molecule is Cc1c(C(C)C)oc2ccccc2c1=O. The summed E-state index contributed by atoms with van der Waals surface area (Å²) < 4.78 is 5.73. The minimum absolute atomic E-state index is 0.0838. The van der Waals surface area contributed by atoms with Crippen molar-refractivity contribution in [2.45, 2.75) is 26.7 Å². The summed E-state index contributed by atoms with van der Waals surface area (Å²) in [5, 5.41) is 0.666. The van der Waals surface area contributed by atoms with E-state index >= 15 is 0 Å². The van der Waals surface area contributed by atoms with Crippen molar-refractivity contribution in [1.82, 2.24) is 0 Å². The third-order valence-electron chi connectivity index (χ3n) is 2.59. The summed E-state index contributed by atoms with van der Waals surface area (Å²) in [7, 11) is 0. The molecular formula is C13H14O2. The molecule has 2 rings (SSSR count). The van der Waals surface area contributed by atoms with Crippen LogP contribution < -0.4 is 5.43 Å². The zero-order chi connectivity index (χ0) is 11.0. The van der Waals surface area contributed by atoms with Crippen molar-refractivity contribution in [3.05, 3.63) is 45.8 Å². The van der Waals surface area contributed by atoms with Crippen molar-refractivity contribution in [1.29, 1.82) is 0 Å². The molecule has 0 unspecified atom stereocenters. The maximum Gasteiger partial charge on any atom is 0.195 e. The minimum atomic E-state index is 0.0838. The van der Waals surface area contributed by atoms with Gasteiger partial charge in [0.1, 0.15) is 11.3 Å². The molecule has 0 N–H and O–H groups in total. The van der Waals surface area contributed by atoms with Crippen LogP contribution in [0.5, 0.6) is 0 Å². The molecule has 0 fully saturated rings. The predicted molar refractivity (Wildman–Crippen MR) is 61.3 cm³/mol. The second kappa shape index (κ2) is 3.54. The molecule has 0 bridgehead atoms. The first-order chi connectivity index (χ1) is 7.11. The number of fused-ring (bicyclic) bond motifs is 1. The van der Waals surface area contributed by atoms with Crippen molar-refractivity contribution < 1.29 is 4.42 Å². The second-order valence-corrected chi connectivity index (χ2v) is 4.07. The highest BCUT2D eigenvalue weighted by atomic mass is 16.3. The van der Waals surface area contributed by atoms with Crippen molar-refractivity contribution in [2.24, 2.45) is 0 Å². The van der Waals surface area contributed by atoms with Gasteiger partial charge < -0.3 is 4.42 Å². The highest BCUT2D eigenvalue weighted by Gasteiger charge is 2.12. The van der Waals surface area contributed by atoms with E-state index in [9.17, 15) is 4.79 Å². The number of para-hydroxylation sites is 1. The normalized spacial score (nSPS) is 11.2. The van der Waals surface area contributed by atoms with Gasteiger partial charge in [0.2, 0.25) is 0 Å². The van der Waals surface area contributed by atoms with Gasteiger partial charge in [0.25, 0.3) is 0 Å². The molecule has 0 aliphatic heterocycles. The van der Waals surface area contributed by atoms with E-state index in [0.717, 1.165) is 11.3 Å². The zero-order valence-electron chi connectivity index (χ0n) is 9.20. The molecule has 0 aliphatic rings. The van der Waals surface area contributed by atoms with Crippen LogP contribution in [0, 0.1) is 6.92 Å². The Hall–Kier alpha value is -1.57. The summed E-state index contributed by atoms with van der Waals surface area (Å²) in [5.74, 6) is 1.03. The van der Waals surface area contributed by atoms with Crippen molar-refractivity contribution in [3.63, 3.8) is 0 Å². The topological polar surface area (TPSA) is 30.2 Å². The molecule has 1 aromatic heterocycles. The Morgan fingerprint density at radius 3 is 2.53 bits per heavy atom. The summed E-state index contributed by atoms with van der Waals surface area (Å²) in [6, 6.07) is 7.37. The Balaban J connectivity index is 2.89. The molecule has 1 aromatic carbocycles. The second-order valence-electron chi connectivity index (χ2n) is 4.07. The van der Waals surface area contributed by atoms with Crippen molar-refractivity contribution >= 4 is 11.0 Å². The monoisotopic (exact) mass is 202 g/mol. The fraction of sp³-hybridized carbons (Fsp3) is 0.308. The fourth-order valence-electron chi connectivity index (χ4n) is 1.80. The Morgan fingerprint density at radius 1 is 1.20 bits per heavy atom. The van der Waals surface area contributed by atoms with E-state index in [1.54, 1.807) is 6.07 Å². The van der Waals surface area contributed by atoms with Crippen LogP contribution in [0.25, 0.3) is 11.0 Å². The Labute approximate surface area is 88.5 Å². The molecule has 0 saturated heterocycles. The van der Waals surface area contributed by atoms with Crippen LogP contribution in [0.3, 0.4) is 0 Å². The first-order valence-electron chi connectivity index (χ1n) is 5.13. The number of hydrogen-bond acceptors (Lipinski definition) is 2. The first-order valence-corrected chi connectivity index (χ1v) is 5.13. The zero-order valence-corrected chi connectivity index (χ0v) is 9.20. The van der Waals surface area contributed by atoms with Crippen LogP contribution >= 0.6 is 0 Å². The van der Waals surface area contributed by atoms with Gasteiger partial charge in [0, 0.05) is 11.5 Å². The van der Waals surface area contributed by atoms with Crippen LogP contribution in [0.4, 0.5) is 0 Å². The average molecular weight is 202 g/mol. The predicted octanol–water partition coefficient (Wildman–Crippen LogP) is 3.22. The quantitative estimate of drug-likeness (QED) is 0.710. The molecule has 0 spiro atoms. The molecule has 0 radical (unpaired) electrons. The summed E-state index contributed by atoms with van der Waals surface area (Å²) in [5.41, 5.74) is 1.49. The molecule has 78 valence electrons. The maximum absolute atomic E-state index is 12.0. The average Bonchev–Trinajstić information content (AvgIpc) is 2.23. The lowest BCUT2D eigenvalue weighted by Gasteiger charge is -2.08. The molecule has 1 heterocycles. The summed E-state index contributed by atoms with van der Waals surface area (Å²) >= 11 is 0. The van der Waals surface area contributed by atoms with E-state index in [1.165, 1.54) is 0 Å². The lowest BCUT2D eigenvalue weighted by atomic mass is 10.0. The number of benzene rings is 1. The molecule has 0 atom stereocenters. The van der Waals surface area contributed by atoms with Gasteiger partial charge in [-0.15, -0.1) is 0 Å². The van der Waals surface area contributed by atoms with E-state index in [0.29, 0.717) is 11.0 Å². The van der Waals surface area contributed by atoms with Gasteiger partial charge in [-0.25, -0.2) is 0 Å². The molecule has 2 heteroatoms. The maximum atomic E-state index is 12.0. The van der Waals surface area contributed by atoms with Crippen LogP contribution in [0.15, 0.2) is 33.5 Å². The van der Waals surface area contributed by atoms with Crippen molar-refractivity contribution in [2.75, 3.05) is 0 Å². The largest absolute Gasteiger partial charge is 0.460 e. The molecular weight excluding hydrogens is 188 g/mol. The lowest BCUT2D eigenvalue weighted by molar-refractivity contribution is 0.503. The number of rotatable bonds is 1. The molecule has 0 amide bonds. The Bertz CT molecular complexity index is 550. The summed E-state index contributed by atoms with van der Waals surface area (Å²) in [4.78, 5) is 12.0. The highest BCUT2D eigenvalue weighted by molar-refractivity contribution is 5.77. The van der Waals surface area contributed by atoms with Gasteiger partial charge in [-0.3, -0.25) is 4.79 Å². The third kappa shape index (κ3) is 1.56. The molecule has 0 saturated carbocycles. The lowest BCUT2D eigenvalue weighted by Crippen LogP contribution is -2.09. The van der Waals surface area contributed by atoms with Crippen LogP contribution in [0.2, 0.25) is 0 Å². The highest BCUT2D eigenvalue weighted by Crippen LogP contribution is 2.21. The minimum Gasteiger partial charge on any atom is -0.460 e. The molecule has 15 heavy (non-hydrogen) atoms. The smallest absolute Gasteiger partial charge is 0.195 e. The van der Waals surface area contributed by atoms with Gasteiger partial charge in [-0.05, 0) is 19.1 Å². The van der Waals surface area contributed by atoms with Gasteiger partial charge >= 0.3 is 0 Å². The Kier molecular flexibility index (Phi) is 2.35. The Morgan fingerprint density at radius 2 is 1.87 bits per heavy atom. The van der Waals surface area contributed by atoms with Gasteiger partial charge in [0.05, 0.1) is 5.39 Å². The molecule has 2 nitrogen and oxygen atoms in total. The molecule has 2 aromatic rings. The van der Waals surface area contributed by atoms with Crippen LogP contribution in [-0.2, 0) is 0 Å². The summed E-state index contributed by atoms with van der Waals surface area (Å²) in [6.45, 7) is 5.88. The van der Waals surface area contributed by atoms with E-state index in [-0.39, 0.29) is 11.3 Å². The molecule has 0 aliphatic carbocycles. The van der Waals surface area contributed by atoms with Gasteiger partial charge in [-0.1, -0.05) is 26.0 Å². The van der Waals surface area contributed by atoms with Gasteiger partial charge in [-0.2, -0.15) is 0 Å². The first kappa shape index (κ1) is 9.97. The van der Waals surface area contributed by atoms with E-state index in [4.69, 9.17) is 4.42 Å². The van der Waals surface area contributed by atoms with Gasteiger partial charge in [0.15, 0.2) is 5.43 Å². The van der Waals surface area contributed by atoms with Crippen molar-refractivity contribution in [3.8, 4) is 0 Å². The van der Waals surface area contributed by atoms with Crippen LogP contribution in [-0.4, -0.2) is 0 Å². The summed E-state index contributed by atoms with van der Waals surface area (Å²) in [6.07, 6.45) is 0. The fourth-order valence-corrected chi connectivity index (χ4v) is 1.80. The standard InChI is InChI=1S/C13H14O2/c1-8(2)13-9(3)12(14)10-6-4-5-7-11(10)15-13/h4-8H,1-3H3. The van der Waals surface area contributed by atoms with Crippen LogP contribution in [0.1, 0.15) is 31.1 Å². The third-order valence-corrected chi connectivity index (χ3v) is 2.59. The van der Waals surface area contributed by atoms with E-state index in [2.05, 4.69) is 0 Å². The van der Waals surface area contributed by atoms with E-state index < -0.39 is 0 Å². The van der Waals surface area contributed by atoms with E-state index in [1.807, 2.05) is 39.0 Å². The number of hydrogen-bond donors (Lipinski definition) is 0.